The first-order valence-electron chi connectivity index (χ1n) is 14.6. The maximum absolute atomic E-state index is 13.7. The molecule has 1 saturated heterocycles. The molecule has 0 saturated carbocycles. The first-order valence-corrected chi connectivity index (χ1v) is 14.6. The Morgan fingerprint density at radius 2 is 1.75 bits per heavy atom. The quantitative estimate of drug-likeness (QED) is 0.166. The number of rotatable bonds is 12. The molecule has 1 aromatic carbocycles. The van der Waals surface area contributed by atoms with Crippen molar-refractivity contribution >= 4 is 11.9 Å². The van der Waals surface area contributed by atoms with Crippen LogP contribution in [-0.2, 0) is 26.3 Å². The van der Waals surface area contributed by atoms with Crippen molar-refractivity contribution in [2.75, 3.05) is 26.4 Å². The minimum Gasteiger partial charge on any atom is -0.493 e. The van der Waals surface area contributed by atoms with Crippen LogP contribution in [0.4, 0.5) is 31.1 Å². The van der Waals surface area contributed by atoms with Crippen LogP contribution in [0.1, 0.15) is 63.5 Å². The number of carbonyl (C=O) groups is 2. The lowest BCUT2D eigenvalue weighted by Gasteiger charge is -2.36. The van der Waals surface area contributed by atoms with E-state index in [2.05, 4.69) is 5.32 Å². The molecule has 4 rings (SSSR count). The highest BCUT2D eigenvalue weighted by Gasteiger charge is 2.71. The van der Waals surface area contributed by atoms with Crippen molar-refractivity contribution in [3.8, 4) is 5.75 Å². The minimum atomic E-state index is -5.99. The van der Waals surface area contributed by atoms with E-state index in [-0.39, 0.29) is 42.7 Å². The number of benzene rings is 1. The van der Waals surface area contributed by atoms with Crippen LogP contribution in [0.3, 0.4) is 0 Å². The number of allylic oxidation sites excluding steroid dienone is 2. The molecule has 1 aliphatic carbocycles. The van der Waals surface area contributed by atoms with Gasteiger partial charge in [0.25, 0.3) is 11.5 Å². The molecule has 44 heavy (non-hydrogen) atoms. The van der Waals surface area contributed by atoms with Crippen LogP contribution in [0.15, 0.2) is 41.9 Å². The molecule has 2 unspecified atom stereocenters. The smallest absolute Gasteiger partial charge is 0.430 e. The zero-order chi connectivity index (χ0) is 32.3. The molecule has 14 heteroatoms. The van der Waals surface area contributed by atoms with Gasteiger partial charge in [0.1, 0.15) is 30.3 Å². The molecule has 1 aromatic rings. The summed E-state index contributed by atoms with van der Waals surface area (Å²) in [6.45, 7) is 4.58. The molecule has 0 radical (unpaired) electrons. The second-order valence-electron chi connectivity index (χ2n) is 11.1. The lowest BCUT2D eigenvalue weighted by Crippen LogP contribution is -2.53. The van der Waals surface area contributed by atoms with Crippen LogP contribution in [-0.4, -0.2) is 66.2 Å². The number of imide groups is 1. The van der Waals surface area contributed by atoms with E-state index in [1.54, 1.807) is 13.0 Å². The van der Waals surface area contributed by atoms with Crippen LogP contribution >= 0.6 is 0 Å². The number of hydrogen-bond acceptors (Lipinski definition) is 6. The van der Waals surface area contributed by atoms with E-state index in [9.17, 15) is 41.0 Å². The molecule has 0 aromatic heterocycles. The monoisotopic (exact) mass is 634 g/mol. The van der Waals surface area contributed by atoms with E-state index in [4.69, 9.17) is 14.2 Å². The Morgan fingerprint density at radius 1 is 1.05 bits per heavy atom. The van der Waals surface area contributed by atoms with Crippen LogP contribution in [0.5, 0.6) is 5.75 Å². The second kappa shape index (κ2) is 12.9. The van der Waals surface area contributed by atoms with Crippen LogP contribution < -0.4 is 10.1 Å². The third-order valence-electron chi connectivity index (χ3n) is 8.11. The minimum absolute atomic E-state index is 0.0300. The Morgan fingerprint density at radius 3 is 2.41 bits per heavy atom. The fourth-order valence-electron chi connectivity index (χ4n) is 5.88. The number of ether oxygens (including phenoxy) is 3. The summed E-state index contributed by atoms with van der Waals surface area (Å²) in [5.74, 6) is 0.684. The Hall–Kier alpha value is -3.42. The molecule has 1 fully saturated rings. The van der Waals surface area contributed by atoms with Gasteiger partial charge in [-0.2, -0.15) is 26.3 Å². The fraction of sp³-hybridized carbons (Fsp3) is 0.600. The predicted octanol–water partition coefficient (Wildman–Crippen LogP) is 6.04. The summed E-state index contributed by atoms with van der Waals surface area (Å²) in [6.07, 6.45) is -5.68. The maximum Gasteiger partial charge on any atom is 0.430 e. The van der Waals surface area contributed by atoms with Gasteiger partial charge in [-0.05, 0) is 49.5 Å². The average Bonchev–Trinajstić information content (AvgIpc) is 3.20. The number of aryl methyl sites for hydroxylation is 1. The van der Waals surface area contributed by atoms with Crippen LogP contribution in [0.25, 0.3) is 0 Å². The Bertz CT molecular complexity index is 1280. The second-order valence-corrected chi connectivity index (χ2v) is 11.1. The Balaban J connectivity index is 1.38. The number of nitrogens with zero attached hydrogens (tertiary/aromatic N) is 1. The highest BCUT2D eigenvalue weighted by atomic mass is 19.4. The number of urea groups is 1. The number of unbranched alkanes of at least 4 members (excludes halogenated alkanes) is 1. The number of carbonyl (C=O) groups excluding carboxylic acids is 2. The van der Waals surface area contributed by atoms with Crippen molar-refractivity contribution in [2.45, 2.75) is 82.3 Å². The Labute approximate surface area is 251 Å². The molecule has 3 amide bonds. The molecule has 2 N–H and O–H groups in total. The van der Waals surface area contributed by atoms with Gasteiger partial charge >= 0.3 is 18.4 Å². The number of aliphatic hydroxyl groups is 1. The molecular weight excluding hydrogens is 598 g/mol. The topological polar surface area (TPSA) is 97.3 Å². The van der Waals surface area contributed by atoms with Gasteiger partial charge in [0, 0.05) is 24.4 Å². The fourth-order valence-corrected chi connectivity index (χ4v) is 5.88. The molecule has 2 atom stereocenters. The third-order valence-corrected chi connectivity index (χ3v) is 8.11. The third kappa shape index (κ3) is 6.22. The summed E-state index contributed by atoms with van der Waals surface area (Å²) in [5.41, 5.74) is -7.42. The summed E-state index contributed by atoms with van der Waals surface area (Å²) in [5, 5.41) is 12.7. The van der Waals surface area contributed by atoms with E-state index in [1.165, 1.54) is 0 Å². The van der Waals surface area contributed by atoms with Gasteiger partial charge in [-0.15, -0.1) is 0 Å². The summed E-state index contributed by atoms with van der Waals surface area (Å²) < 4.78 is 97.2. The van der Waals surface area contributed by atoms with Crippen molar-refractivity contribution in [2.24, 2.45) is 5.92 Å². The highest BCUT2D eigenvalue weighted by Crippen LogP contribution is 2.50. The van der Waals surface area contributed by atoms with Crippen molar-refractivity contribution in [3.05, 3.63) is 53.0 Å². The van der Waals surface area contributed by atoms with Gasteiger partial charge < -0.3 is 24.6 Å². The Kier molecular flexibility index (Phi) is 9.81. The van der Waals surface area contributed by atoms with E-state index in [1.807, 2.05) is 13.0 Å². The van der Waals surface area contributed by atoms with Gasteiger partial charge in [0.05, 0.1) is 6.61 Å². The first kappa shape index (κ1) is 33.5. The van der Waals surface area contributed by atoms with Gasteiger partial charge in [0.2, 0.25) is 0 Å². The molecule has 2 heterocycles. The average molecular weight is 635 g/mol. The predicted molar refractivity (Wildman–Crippen MR) is 145 cm³/mol. The van der Waals surface area contributed by atoms with E-state index >= 15 is 0 Å². The van der Waals surface area contributed by atoms with E-state index in [0.29, 0.717) is 75.4 Å². The normalized spacial score (nSPS) is 22.5. The molecule has 3 aliphatic rings. The molecule has 0 spiro atoms. The first-order chi connectivity index (χ1) is 20.7. The number of hydrogen-bond donors (Lipinski definition) is 2. The maximum atomic E-state index is 13.7. The molecular formula is C30H36F6N2O6. The number of alkyl halides is 6. The van der Waals surface area contributed by atoms with Gasteiger partial charge in [-0.25, -0.2) is 4.79 Å². The zero-order valence-electron chi connectivity index (χ0n) is 24.4. The van der Waals surface area contributed by atoms with Crippen LogP contribution in [0, 0.1) is 5.92 Å². The van der Waals surface area contributed by atoms with Crippen molar-refractivity contribution < 1.29 is 55.2 Å². The molecule has 8 nitrogen and oxygen atoms in total. The summed E-state index contributed by atoms with van der Waals surface area (Å²) in [4.78, 5) is 27.8. The van der Waals surface area contributed by atoms with Crippen molar-refractivity contribution in [1.82, 2.24) is 10.2 Å². The number of halogens is 6. The summed E-state index contributed by atoms with van der Waals surface area (Å²) in [7, 11) is 0. The number of nitrogens with one attached hydrogen (secondary N) is 1. The molecule has 244 valence electrons. The lowest BCUT2D eigenvalue weighted by molar-refractivity contribution is -0.376. The zero-order valence-corrected chi connectivity index (χ0v) is 24.4. The van der Waals surface area contributed by atoms with E-state index in [0.717, 1.165) is 11.0 Å². The summed E-state index contributed by atoms with van der Waals surface area (Å²) >= 11 is 0. The van der Waals surface area contributed by atoms with Crippen molar-refractivity contribution in [3.63, 3.8) is 0 Å². The van der Waals surface area contributed by atoms with Gasteiger partial charge in [0.15, 0.2) is 5.76 Å². The van der Waals surface area contributed by atoms with E-state index < -0.39 is 35.1 Å². The van der Waals surface area contributed by atoms with Gasteiger partial charge in [-0.3, -0.25) is 9.69 Å². The lowest BCUT2D eigenvalue weighted by atomic mass is 9.76. The standard InChI is InChI=1S/C30H36F6N2O6/c1-3-7-19-17-21(28(41,29(31,32)33)30(34,35)36)9-10-22(19)42-14-6-5-13-38-25(39)27(12-4-2,37-26(38)40)20-8-11-23-24(18-20)44-16-15-43-23/h8-11,17,20,41H,3-7,12-16,18H2,1-2H3,(H,37,40). The van der Waals surface area contributed by atoms with Gasteiger partial charge in [-0.1, -0.05) is 38.8 Å². The molecule has 0 bridgehead atoms. The van der Waals surface area contributed by atoms with Crippen LogP contribution in [0.2, 0.25) is 0 Å². The SMILES string of the molecule is CCCc1cc(C(O)(C(F)(F)F)C(F)(F)F)ccc1OCCCCN1C(=O)NC(CCC)(C2C=CC3=C(C2)OCCO3)C1=O. The van der Waals surface area contributed by atoms with Crippen molar-refractivity contribution in [1.29, 1.82) is 0 Å². The highest BCUT2D eigenvalue weighted by molar-refractivity contribution is 6.07. The largest absolute Gasteiger partial charge is 0.493 e. The summed E-state index contributed by atoms with van der Waals surface area (Å²) in [6, 6.07) is 1.70. The molecule has 2 aliphatic heterocycles. The number of amides is 3.